The summed E-state index contributed by atoms with van der Waals surface area (Å²) in [4.78, 5) is 31.1. The van der Waals surface area contributed by atoms with Crippen molar-refractivity contribution in [1.29, 1.82) is 0 Å². The zero-order valence-electron chi connectivity index (χ0n) is 21.6. The van der Waals surface area contributed by atoms with Crippen molar-refractivity contribution in [3.8, 4) is 0 Å². The van der Waals surface area contributed by atoms with Gasteiger partial charge in [-0.3, -0.25) is 14.7 Å². The van der Waals surface area contributed by atoms with E-state index in [9.17, 15) is 23.1 Å². The second-order valence-electron chi connectivity index (χ2n) is 9.30. The highest BCUT2D eigenvalue weighted by atomic mass is 35.5. The lowest BCUT2D eigenvalue weighted by Crippen LogP contribution is -2.38. The Bertz CT molecular complexity index is 1280. The van der Waals surface area contributed by atoms with Crippen LogP contribution in [0.15, 0.2) is 52.4 Å². The van der Waals surface area contributed by atoms with E-state index >= 15 is 0 Å². The lowest BCUT2D eigenvalue weighted by molar-refractivity contribution is -0.130. The van der Waals surface area contributed by atoms with E-state index in [2.05, 4.69) is 4.99 Å². The number of sulfonamides is 1. The highest BCUT2D eigenvalue weighted by Crippen LogP contribution is 2.32. The summed E-state index contributed by atoms with van der Waals surface area (Å²) in [6, 6.07) is 11.6. The number of amidine groups is 1. The molecule has 0 aromatic heterocycles. The van der Waals surface area contributed by atoms with Crippen LogP contribution >= 0.6 is 23.2 Å². The summed E-state index contributed by atoms with van der Waals surface area (Å²) in [6.07, 6.45) is 0.257. The van der Waals surface area contributed by atoms with Crippen LogP contribution in [0, 0.1) is 0 Å². The molecule has 0 unspecified atom stereocenters. The molecular weight excluding hydrogens is 551 g/mol. The molecule has 1 aliphatic rings. The number of rotatable bonds is 11. The van der Waals surface area contributed by atoms with Crippen molar-refractivity contribution in [2.24, 2.45) is 4.99 Å². The van der Waals surface area contributed by atoms with Crippen LogP contribution in [0.3, 0.4) is 0 Å². The van der Waals surface area contributed by atoms with E-state index in [4.69, 9.17) is 23.2 Å². The highest BCUT2D eigenvalue weighted by molar-refractivity contribution is 7.89. The average molecular weight is 584 g/mol. The van der Waals surface area contributed by atoms with Gasteiger partial charge in [-0.2, -0.15) is 4.31 Å². The normalized spacial score (nSPS) is 13.8. The first-order valence-corrected chi connectivity index (χ1v) is 14.5. The molecule has 2 amide bonds. The number of aliphatic imine (C=N–C) groups is 1. The van der Waals surface area contributed by atoms with Gasteiger partial charge in [-0.25, -0.2) is 13.2 Å². The number of hydrogen-bond acceptors (Lipinski definition) is 5. The molecule has 0 saturated carbocycles. The first-order valence-electron chi connectivity index (χ1n) is 12.3. The Morgan fingerprint density at radius 2 is 1.71 bits per heavy atom. The molecule has 3 rings (SSSR count). The van der Waals surface area contributed by atoms with E-state index in [-0.39, 0.29) is 39.9 Å². The van der Waals surface area contributed by atoms with Gasteiger partial charge in [0.15, 0.2) is 0 Å². The number of halogens is 2. The zero-order valence-corrected chi connectivity index (χ0v) is 23.9. The average Bonchev–Trinajstić information content (AvgIpc) is 3.34. The first kappa shape index (κ1) is 29.9. The number of amides is 2. The molecular formula is C26H32Cl2N4O5S. The van der Waals surface area contributed by atoms with Crippen LogP contribution in [0.1, 0.15) is 44.2 Å². The summed E-state index contributed by atoms with van der Waals surface area (Å²) in [5.41, 5.74) is 1.61. The van der Waals surface area contributed by atoms with Crippen molar-refractivity contribution in [2.75, 3.05) is 26.7 Å². The Morgan fingerprint density at radius 3 is 2.29 bits per heavy atom. The molecule has 1 heterocycles. The summed E-state index contributed by atoms with van der Waals surface area (Å²) in [7, 11) is -2.19. The van der Waals surface area contributed by atoms with Crippen LogP contribution in [-0.4, -0.2) is 78.2 Å². The molecule has 1 aliphatic heterocycles. The van der Waals surface area contributed by atoms with Gasteiger partial charge in [-0.05, 0) is 44.4 Å². The number of benzene rings is 2. The van der Waals surface area contributed by atoms with E-state index < -0.39 is 16.1 Å². The summed E-state index contributed by atoms with van der Waals surface area (Å²) >= 11 is 12.3. The van der Waals surface area contributed by atoms with Gasteiger partial charge in [0.1, 0.15) is 10.7 Å². The monoisotopic (exact) mass is 582 g/mol. The van der Waals surface area contributed by atoms with Gasteiger partial charge < -0.3 is 10.0 Å². The minimum absolute atomic E-state index is 0.0561. The smallest absolute Gasteiger partial charge is 0.413 e. The maximum atomic E-state index is 13.3. The van der Waals surface area contributed by atoms with Crippen molar-refractivity contribution >= 4 is 51.1 Å². The van der Waals surface area contributed by atoms with Gasteiger partial charge in [0, 0.05) is 38.2 Å². The largest absolute Gasteiger partial charge is 0.465 e. The number of carbonyl (C=O) groups is 2. The summed E-state index contributed by atoms with van der Waals surface area (Å²) < 4.78 is 27.9. The molecule has 38 heavy (non-hydrogen) atoms. The summed E-state index contributed by atoms with van der Waals surface area (Å²) in [6.45, 7) is 4.98. The molecule has 0 bridgehead atoms. The molecule has 1 N–H and O–H groups in total. The van der Waals surface area contributed by atoms with Crippen LogP contribution in [-0.2, 0) is 21.4 Å². The number of hydrogen-bond donors (Lipinski definition) is 1. The first-order chi connectivity index (χ1) is 17.9. The maximum Gasteiger partial charge on any atom is 0.413 e. The van der Waals surface area contributed by atoms with Crippen molar-refractivity contribution < 1.29 is 23.1 Å². The third-order valence-electron chi connectivity index (χ3n) is 6.21. The minimum atomic E-state index is -3.91. The molecule has 0 saturated heterocycles. The minimum Gasteiger partial charge on any atom is -0.465 e. The molecule has 206 valence electrons. The molecule has 2 aromatic rings. The predicted molar refractivity (Wildman–Crippen MR) is 148 cm³/mol. The van der Waals surface area contributed by atoms with E-state index in [0.717, 1.165) is 5.56 Å². The summed E-state index contributed by atoms with van der Waals surface area (Å²) in [5, 5.41) is 9.44. The second kappa shape index (κ2) is 12.9. The lowest BCUT2D eigenvalue weighted by Gasteiger charge is -2.27. The lowest BCUT2D eigenvalue weighted by atomic mass is 10.1. The standard InChI is InChI=1S/C26H32Cl2N4O5S/c1-18(2)32(38(36,37)24-21(27)7-6-8-22(24)28)15-5-4-9-23(33)30(3)17-19-10-12-20(13-11-19)25-29-14-16-31(25)26(34)35/h6-8,10-13,18H,4-5,9,14-17H2,1-3H3,(H,34,35). The topological polar surface area (TPSA) is 111 Å². The molecule has 0 atom stereocenters. The van der Waals surface area contributed by atoms with Crippen molar-refractivity contribution in [1.82, 2.24) is 14.1 Å². The number of carbonyl (C=O) groups excluding carboxylic acids is 1. The van der Waals surface area contributed by atoms with E-state index in [1.165, 1.54) is 21.3 Å². The van der Waals surface area contributed by atoms with Crippen molar-refractivity contribution in [2.45, 2.75) is 50.6 Å². The van der Waals surface area contributed by atoms with Crippen molar-refractivity contribution in [3.63, 3.8) is 0 Å². The SMILES string of the molecule is CC(C)N(CCCCC(=O)N(C)Cc1ccc(C2=NCCN2C(=O)O)cc1)S(=O)(=O)c1c(Cl)cccc1Cl. The predicted octanol–water partition coefficient (Wildman–Crippen LogP) is 4.96. The fourth-order valence-corrected chi connectivity index (χ4v) is 7.01. The van der Waals surface area contributed by atoms with Gasteiger partial charge in [0.2, 0.25) is 15.9 Å². The quantitative estimate of drug-likeness (QED) is 0.376. The zero-order chi connectivity index (χ0) is 28.0. The van der Waals surface area contributed by atoms with Crippen LogP contribution in [0.5, 0.6) is 0 Å². The summed E-state index contributed by atoms with van der Waals surface area (Å²) in [5.74, 6) is 0.377. The Balaban J connectivity index is 1.52. The Morgan fingerprint density at radius 1 is 1.08 bits per heavy atom. The molecule has 12 heteroatoms. The van der Waals surface area contributed by atoms with Crippen LogP contribution in [0.2, 0.25) is 10.0 Å². The molecule has 2 aromatic carbocycles. The van der Waals surface area contributed by atoms with E-state index in [0.29, 0.717) is 43.9 Å². The van der Waals surface area contributed by atoms with Crippen molar-refractivity contribution in [3.05, 3.63) is 63.6 Å². The number of carboxylic acid groups (broad SMARTS) is 1. The third kappa shape index (κ3) is 7.05. The van der Waals surface area contributed by atoms with Gasteiger partial charge in [-0.1, -0.05) is 53.5 Å². The van der Waals surface area contributed by atoms with Gasteiger partial charge >= 0.3 is 6.09 Å². The van der Waals surface area contributed by atoms with Gasteiger partial charge in [-0.15, -0.1) is 0 Å². The molecule has 0 aliphatic carbocycles. The highest BCUT2D eigenvalue weighted by Gasteiger charge is 2.31. The fraction of sp³-hybridized carbons (Fsp3) is 0.423. The van der Waals surface area contributed by atoms with Crippen LogP contribution in [0.4, 0.5) is 4.79 Å². The number of nitrogens with zero attached hydrogens (tertiary/aromatic N) is 4. The maximum absolute atomic E-state index is 13.3. The number of unbranched alkanes of at least 4 members (excludes halogenated alkanes) is 1. The van der Waals surface area contributed by atoms with Gasteiger partial charge in [0.25, 0.3) is 0 Å². The fourth-order valence-electron chi connectivity index (χ4n) is 4.24. The third-order valence-corrected chi connectivity index (χ3v) is 9.24. The van der Waals surface area contributed by atoms with Crippen LogP contribution < -0.4 is 0 Å². The van der Waals surface area contributed by atoms with Crippen LogP contribution in [0.25, 0.3) is 0 Å². The van der Waals surface area contributed by atoms with Gasteiger partial charge in [0.05, 0.1) is 23.1 Å². The van der Waals surface area contributed by atoms with E-state index in [1.807, 2.05) is 12.1 Å². The Labute approximate surface area is 233 Å². The van der Waals surface area contributed by atoms with E-state index in [1.54, 1.807) is 44.0 Å². The Kier molecular flexibility index (Phi) is 10.2. The molecule has 9 nitrogen and oxygen atoms in total. The molecule has 0 radical (unpaired) electrons. The molecule has 0 fully saturated rings. The second-order valence-corrected chi connectivity index (χ2v) is 11.9. The molecule has 0 spiro atoms. The Hall–Kier alpha value is -2.66.